The molecule has 0 spiro atoms. The summed E-state index contributed by atoms with van der Waals surface area (Å²) in [5.41, 5.74) is 0. The van der Waals surface area contributed by atoms with E-state index in [4.69, 9.17) is 0 Å². The molecule has 2 N–H and O–H groups in total. The maximum atomic E-state index is 12.0. The first kappa shape index (κ1) is 12.8. The molecule has 98 valence electrons. The Morgan fingerprint density at radius 2 is 2.29 bits per heavy atom. The van der Waals surface area contributed by atoms with Crippen molar-refractivity contribution in [1.82, 2.24) is 15.5 Å². The van der Waals surface area contributed by atoms with Gasteiger partial charge in [0.25, 0.3) is 0 Å². The number of rotatable bonds is 4. The average Bonchev–Trinajstić information content (AvgIpc) is 2.94. The van der Waals surface area contributed by atoms with Gasteiger partial charge in [0.05, 0.1) is 5.92 Å². The quantitative estimate of drug-likeness (QED) is 0.748. The van der Waals surface area contributed by atoms with Gasteiger partial charge in [0, 0.05) is 19.1 Å². The van der Waals surface area contributed by atoms with Gasteiger partial charge in [0.2, 0.25) is 5.91 Å². The molecule has 17 heavy (non-hydrogen) atoms. The van der Waals surface area contributed by atoms with Gasteiger partial charge in [-0.05, 0) is 38.4 Å². The van der Waals surface area contributed by atoms with Crippen molar-refractivity contribution >= 4 is 5.91 Å². The number of nitrogens with zero attached hydrogens (tertiary/aromatic N) is 1. The first-order valence-electron chi connectivity index (χ1n) is 6.94. The van der Waals surface area contributed by atoms with Gasteiger partial charge in [-0.15, -0.1) is 0 Å². The van der Waals surface area contributed by atoms with Gasteiger partial charge in [0.15, 0.2) is 0 Å². The molecule has 2 rings (SSSR count). The first-order valence-corrected chi connectivity index (χ1v) is 6.94. The Hall–Kier alpha value is -0.610. The normalized spacial score (nSPS) is 34.1. The van der Waals surface area contributed by atoms with Crippen LogP contribution in [0.2, 0.25) is 0 Å². The summed E-state index contributed by atoms with van der Waals surface area (Å²) in [4.78, 5) is 14.5. The van der Waals surface area contributed by atoms with Crippen molar-refractivity contribution in [2.75, 3.05) is 32.7 Å². The number of likely N-dealkylation sites (N-methyl/N-ethyl adjacent to an activating group) is 1. The Labute approximate surface area is 104 Å². The molecule has 2 aliphatic rings. The number of likely N-dealkylation sites (tertiary alicyclic amines) is 1. The summed E-state index contributed by atoms with van der Waals surface area (Å²) in [7, 11) is 0. The van der Waals surface area contributed by atoms with E-state index in [1.807, 2.05) is 0 Å². The molecule has 1 unspecified atom stereocenters. The van der Waals surface area contributed by atoms with E-state index in [0.717, 1.165) is 26.2 Å². The minimum Gasteiger partial charge on any atom is -0.354 e. The summed E-state index contributed by atoms with van der Waals surface area (Å²) < 4.78 is 0. The summed E-state index contributed by atoms with van der Waals surface area (Å²) in [6.07, 6.45) is 2.50. The zero-order chi connectivity index (χ0) is 12.3. The molecule has 2 heterocycles. The third kappa shape index (κ3) is 2.99. The van der Waals surface area contributed by atoms with Gasteiger partial charge in [-0.1, -0.05) is 13.8 Å². The number of nitrogens with one attached hydrogen (secondary N) is 2. The molecule has 0 saturated carbocycles. The standard InChI is InChI=1S/C13H25N3O/c1-3-16-6-4-5-11(16)8-15-13(17)12-9-14-7-10(12)2/h10-12,14H,3-9H2,1-2H3,(H,15,17)/t10-,11?,12-/m1/s1. The molecule has 0 radical (unpaired) electrons. The zero-order valence-electron chi connectivity index (χ0n) is 11.0. The number of hydrogen-bond donors (Lipinski definition) is 2. The van der Waals surface area contributed by atoms with Crippen LogP contribution in [0.4, 0.5) is 0 Å². The van der Waals surface area contributed by atoms with Crippen LogP contribution in [0.3, 0.4) is 0 Å². The van der Waals surface area contributed by atoms with Crippen molar-refractivity contribution in [2.24, 2.45) is 11.8 Å². The Balaban J connectivity index is 1.76. The Kier molecular flexibility index (Phi) is 4.40. The average molecular weight is 239 g/mol. The molecule has 0 aromatic rings. The van der Waals surface area contributed by atoms with Gasteiger partial charge >= 0.3 is 0 Å². The second-order valence-corrected chi connectivity index (χ2v) is 5.41. The van der Waals surface area contributed by atoms with Crippen molar-refractivity contribution in [2.45, 2.75) is 32.7 Å². The molecule has 2 saturated heterocycles. The zero-order valence-corrected chi connectivity index (χ0v) is 11.0. The number of amides is 1. The van der Waals surface area contributed by atoms with Crippen LogP contribution in [-0.4, -0.2) is 49.6 Å². The lowest BCUT2D eigenvalue weighted by Crippen LogP contribution is -2.43. The maximum Gasteiger partial charge on any atom is 0.224 e. The largest absolute Gasteiger partial charge is 0.354 e. The molecule has 3 atom stereocenters. The molecule has 2 fully saturated rings. The van der Waals surface area contributed by atoms with Crippen LogP contribution < -0.4 is 10.6 Å². The van der Waals surface area contributed by atoms with Gasteiger partial charge in [-0.3, -0.25) is 9.69 Å². The predicted molar refractivity (Wildman–Crippen MR) is 68.8 cm³/mol. The third-order valence-electron chi connectivity index (χ3n) is 4.27. The third-order valence-corrected chi connectivity index (χ3v) is 4.27. The van der Waals surface area contributed by atoms with Gasteiger partial charge in [-0.25, -0.2) is 0 Å². The SMILES string of the molecule is CCN1CCCC1CNC(=O)[C@@H]1CNC[C@H]1C. The fraction of sp³-hybridized carbons (Fsp3) is 0.923. The highest BCUT2D eigenvalue weighted by molar-refractivity contribution is 5.79. The minimum atomic E-state index is 0.173. The second-order valence-electron chi connectivity index (χ2n) is 5.41. The van der Waals surface area contributed by atoms with Crippen LogP contribution in [0.25, 0.3) is 0 Å². The molecular weight excluding hydrogens is 214 g/mol. The van der Waals surface area contributed by atoms with E-state index >= 15 is 0 Å². The molecule has 2 aliphatic heterocycles. The number of hydrogen-bond acceptors (Lipinski definition) is 3. The predicted octanol–water partition coefficient (Wildman–Crippen LogP) is 0.442. The van der Waals surface area contributed by atoms with E-state index in [2.05, 4.69) is 29.4 Å². The molecular formula is C13H25N3O. The monoisotopic (exact) mass is 239 g/mol. The minimum absolute atomic E-state index is 0.173. The summed E-state index contributed by atoms with van der Waals surface area (Å²) in [5, 5.41) is 6.42. The molecule has 0 aliphatic carbocycles. The Bertz CT molecular complexity index is 269. The van der Waals surface area contributed by atoms with Crippen molar-refractivity contribution < 1.29 is 4.79 Å². The van der Waals surface area contributed by atoms with Crippen molar-refractivity contribution in [1.29, 1.82) is 0 Å². The van der Waals surface area contributed by atoms with E-state index in [1.54, 1.807) is 0 Å². The lowest BCUT2D eigenvalue weighted by molar-refractivity contribution is -0.125. The van der Waals surface area contributed by atoms with Crippen molar-refractivity contribution in [3.63, 3.8) is 0 Å². The number of carbonyl (C=O) groups excluding carboxylic acids is 1. The summed E-state index contributed by atoms with van der Waals surface area (Å²) in [5.74, 6) is 0.887. The topological polar surface area (TPSA) is 44.4 Å². The van der Waals surface area contributed by atoms with E-state index in [0.29, 0.717) is 12.0 Å². The van der Waals surface area contributed by atoms with E-state index in [-0.39, 0.29) is 11.8 Å². The molecule has 1 amide bonds. The van der Waals surface area contributed by atoms with Crippen LogP contribution in [-0.2, 0) is 4.79 Å². The van der Waals surface area contributed by atoms with Crippen molar-refractivity contribution in [3.05, 3.63) is 0 Å². The molecule has 0 aromatic carbocycles. The van der Waals surface area contributed by atoms with Crippen LogP contribution in [0, 0.1) is 11.8 Å². The molecule has 0 aromatic heterocycles. The van der Waals surface area contributed by atoms with Crippen LogP contribution >= 0.6 is 0 Å². The fourth-order valence-electron chi connectivity index (χ4n) is 3.05. The van der Waals surface area contributed by atoms with Crippen molar-refractivity contribution in [3.8, 4) is 0 Å². The highest BCUT2D eigenvalue weighted by Gasteiger charge is 2.30. The summed E-state index contributed by atoms with van der Waals surface area (Å²) in [6, 6.07) is 0.564. The smallest absolute Gasteiger partial charge is 0.224 e. The van der Waals surface area contributed by atoms with Crippen LogP contribution in [0.15, 0.2) is 0 Å². The van der Waals surface area contributed by atoms with Gasteiger partial charge in [-0.2, -0.15) is 0 Å². The lowest BCUT2D eigenvalue weighted by Gasteiger charge is -2.24. The van der Waals surface area contributed by atoms with E-state index in [1.165, 1.54) is 19.4 Å². The Morgan fingerprint density at radius 3 is 2.94 bits per heavy atom. The maximum absolute atomic E-state index is 12.0. The van der Waals surface area contributed by atoms with E-state index in [9.17, 15) is 4.79 Å². The van der Waals surface area contributed by atoms with Crippen LogP contribution in [0.1, 0.15) is 26.7 Å². The second kappa shape index (κ2) is 5.83. The molecule has 0 bridgehead atoms. The van der Waals surface area contributed by atoms with Gasteiger partial charge < -0.3 is 10.6 Å². The van der Waals surface area contributed by atoms with Crippen LogP contribution in [0.5, 0.6) is 0 Å². The fourth-order valence-corrected chi connectivity index (χ4v) is 3.05. The molecule has 4 heteroatoms. The summed E-state index contributed by atoms with van der Waals surface area (Å²) in [6.45, 7) is 9.29. The highest BCUT2D eigenvalue weighted by atomic mass is 16.1. The number of carbonyl (C=O) groups is 1. The first-order chi connectivity index (χ1) is 8.22. The molecule has 4 nitrogen and oxygen atoms in total. The highest BCUT2D eigenvalue weighted by Crippen LogP contribution is 2.18. The van der Waals surface area contributed by atoms with Gasteiger partial charge in [0.1, 0.15) is 0 Å². The lowest BCUT2D eigenvalue weighted by atomic mass is 9.97. The Morgan fingerprint density at radius 1 is 1.47 bits per heavy atom. The summed E-state index contributed by atoms with van der Waals surface area (Å²) >= 11 is 0. The van der Waals surface area contributed by atoms with E-state index < -0.39 is 0 Å².